The zero-order valence-electron chi connectivity index (χ0n) is 11.0. The lowest BCUT2D eigenvalue weighted by Crippen LogP contribution is -2.09. The summed E-state index contributed by atoms with van der Waals surface area (Å²) in [7, 11) is 0. The van der Waals surface area contributed by atoms with E-state index >= 15 is 0 Å². The highest BCUT2D eigenvalue weighted by Crippen LogP contribution is 2.35. The number of nitrogens with zero attached hydrogens (tertiary/aromatic N) is 2. The van der Waals surface area contributed by atoms with Crippen LogP contribution in [-0.2, 0) is 12.7 Å². The van der Waals surface area contributed by atoms with Crippen LogP contribution in [0.2, 0.25) is 0 Å². The second-order valence-corrected chi connectivity index (χ2v) is 4.13. The minimum Gasteiger partial charge on any atom is -0.272 e. The Morgan fingerprint density at radius 2 is 2.00 bits per heavy atom. The van der Waals surface area contributed by atoms with Crippen LogP contribution in [0.25, 0.3) is 5.57 Å². The zero-order chi connectivity index (χ0) is 13.8. The predicted molar refractivity (Wildman–Crippen MR) is 66.1 cm³/mol. The first-order chi connectivity index (χ1) is 8.43. The number of halogens is 3. The minimum absolute atomic E-state index is 0.230. The standard InChI is InChI=1S/C13H19F3N2/c1-4-7-10(8-5-2)11-9-18(6-3)17-12(11)13(14,15)16/h7,9H,4-6,8H2,1-3H3/b10-7+. The Bertz CT molecular complexity index is 416. The quantitative estimate of drug-likeness (QED) is 0.761. The highest BCUT2D eigenvalue weighted by molar-refractivity contribution is 5.67. The first-order valence-corrected chi connectivity index (χ1v) is 6.28. The molecule has 0 bridgehead atoms. The van der Waals surface area contributed by atoms with Crippen molar-refractivity contribution in [2.75, 3.05) is 0 Å². The van der Waals surface area contributed by atoms with Crippen LogP contribution in [0, 0.1) is 0 Å². The molecule has 1 aromatic rings. The van der Waals surface area contributed by atoms with Crippen molar-refractivity contribution in [2.45, 2.75) is 52.8 Å². The van der Waals surface area contributed by atoms with Gasteiger partial charge in [-0.05, 0) is 25.3 Å². The van der Waals surface area contributed by atoms with Crippen molar-refractivity contribution in [3.05, 3.63) is 23.5 Å². The highest BCUT2D eigenvalue weighted by Gasteiger charge is 2.37. The third-order valence-electron chi connectivity index (χ3n) is 2.67. The number of hydrogen-bond acceptors (Lipinski definition) is 1. The maximum absolute atomic E-state index is 12.9. The van der Waals surface area contributed by atoms with Crippen molar-refractivity contribution < 1.29 is 13.2 Å². The summed E-state index contributed by atoms with van der Waals surface area (Å²) >= 11 is 0. The summed E-state index contributed by atoms with van der Waals surface area (Å²) in [6.07, 6.45) is 1.16. The van der Waals surface area contributed by atoms with Gasteiger partial charge in [0.05, 0.1) is 0 Å². The smallest absolute Gasteiger partial charge is 0.272 e. The second-order valence-electron chi connectivity index (χ2n) is 4.13. The van der Waals surface area contributed by atoms with E-state index in [0.717, 1.165) is 18.4 Å². The van der Waals surface area contributed by atoms with Crippen LogP contribution in [0.3, 0.4) is 0 Å². The molecule has 18 heavy (non-hydrogen) atoms. The van der Waals surface area contributed by atoms with E-state index in [1.54, 1.807) is 6.92 Å². The summed E-state index contributed by atoms with van der Waals surface area (Å²) in [6, 6.07) is 0. The maximum atomic E-state index is 12.9. The molecule has 0 aliphatic carbocycles. The van der Waals surface area contributed by atoms with Gasteiger partial charge in [-0.2, -0.15) is 18.3 Å². The summed E-state index contributed by atoms with van der Waals surface area (Å²) < 4.78 is 40.2. The lowest BCUT2D eigenvalue weighted by molar-refractivity contribution is -0.141. The van der Waals surface area contributed by atoms with Crippen molar-refractivity contribution >= 4 is 5.57 Å². The Kier molecular flexibility index (Phi) is 4.99. The topological polar surface area (TPSA) is 17.8 Å². The summed E-state index contributed by atoms with van der Waals surface area (Å²) in [5.74, 6) is 0. The van der Waals surface area contributed by atoms with Crippen LogP contribution in [0.4, 0.5) is 13.2 Å². The molecule has 0 unspecified atom stereocenters. The Balaban J connectivity index is 3.28. The SMILES string of the molecule is CC/C=C(\CCC)c1cn(CC)nc1C(F)(F)F. The number of aryl methyl sites for hydroxylation is 1. The molecule has 0 aromatic carbocycles. The molecule has 1 aromatic heterocycles. The molecule has 2 nitrogen and oxygen atoms in total. The van der Waals surface area contributed by atoms with Gasteiger partial charge in [0.1, 0.15) is 0 Å². The van der Waals surface area contributed by atoms with Gasteiger partial charge in [0.2, 0.25) is 0 Å². The number of alkyl halides is 3. The van der Waals surface area contributed by atoms with Gasteiger partial charge in [-0.3, -0.25) is 4.68 Å². The van der Waals surface area contributed by atoms with Gasteiger partial charge in [0, 0.05) is 18.3 Å². The molecule has 0 aliphatic rings. The van der Waals surface area contributed by atoms with E-state index in [4.69, 9.17) is 0 Å². The van der Waals surface area contributed by atoms with Crippen LogP contribution in [0.15, 0.2) is 12.3 Å². The molecule has 0 radical (unpaired) electrons. The number of hydrogen-bond donors (Lipinski definition) is 0. The predicted octanol–water partition coefficient (Wildman–Crippen LogP) is 4.52. The van der Waals surface area contributed by atoms with E-state index in [-0.39, 0.29) is 5.56 Å². The summed E-state index contributed by atoms with van der Waals surface area (Å²) in [4.78, 5) is 0. The molecule has 102 valence electrons. The van der Waals surface area contributed by atoms with Gasteiger partial charge in [0.25, 0.3) is 0 Å². The van der Waals surface area contributed by atoms with E-state index in [9.17, 15) is 13.2 Å². The van der Waals surface area contributed by atoms with E-state index in [0.29, 0.717) is 13.0 Å². The zero-order valence-corrected chi connectivity index (χ0v) is 11.0. The fourth-order valence-electron chi connectivity index (χ4n) is 1.89. The first kappa shape index (κ1) is 14.8. The van der Waals surface area contributed by atoms with Crippen LogP contribution >= 0.6 is 0 Å². The van der Waals surface area contributed by atoms with Gasteiger partial charge in [-0.15, -0.1) is 0 Å². The average molecular weight is 260 g/mol. The van der Waals surface area contributed by atoms with Crippen molar-refractivity contribution in [3.63, 3.8) is 0 Å². The molecule has 0 fully saturated rings. The maximum Gasteiger partial charge on any atom is 0.435 e. The van der Waals surface area contributed by atoms with Gasteiger partial charge < -0.3 is 0 Å². The van der Waals surface area contributed by atoms with E-state index < -0.39 is 11.9 Å². The second kappa shape index (κ2) is 6.07. The van der Waals surface area contributed by atoms with E-state index in [1.165, 1.54) is 10.9 Å². The lowest BCUT2D eigenvalue weighted by Gasteiger charge is -2.08. The Morgan fingerprint density at radius 3 is 2.44 bits per heavy atom. The monoisotopic (exact) mass is 260 g/mol. The first-order valence-electron chi connectivity index (χ1n) is 6.28. The molecule has 0 amide bonds. The molecule has 0 atom stereocenters. The number of allylic oxidation sites excluding steroid dienone is 2. The molecule has 1 rings (SSSR count). The molecule has 1 heterocycles. The van der Waals surface area contributed by atoms with E-state index in [2.05, 4.69) is 5.10 Å². The molecular weight excluding hydrogens is 241 g/mol. The van der Waals surface area contributed by atoms with E-state index in [1.807, 2.05) is 19.9 Å². The summed E-state index contributed by atoms with van der Waals surface area (Å²) in [6.45, 7) is 6.10. The molecule has 5 heteroatoms. The van der Waals surface area contributed by atoms with Crippen LogP contribution in [0.1, 0.15) is 51.3 Å². The normalized spacial score (nSPS) is 13.1. The molecule has 0 aliphatic heterocycles. The molecule has 0 N–H and O–H groups in total. The summed E-state index contributed by atoms with van der Waals surface area (Å²) in [5, 5.41) is 3.64. The van der Waals surface area contributed by atoms with Crippen LogP contribution < -0.4 is 0 Å². The summed E-state index contributed by atoms with van der Waals surface area (Å²) in [5.41, 5.74) is 0.206. The Hall–Kier alpha value is -1.26. The lowest BCUT2D eigenvalue weighted by atomic mass is 10.0. The number of rotatable bonds is 5. The van der Waals surface area contributed by atoms with Crippen LogP contribution in [0.5, 0.6) is 0 Å². The van der Waals surface area contributed by atoms with Gasteiger partial charge in [-0.1, -0.05) is 26.3 Å². The van der Waals surface area contributed by atoms with Gasteiger partial charge in [-0.25, -0.2) is 0 Å². The fraction of sp³-hybridized carbons (Fsp3) is 0.615. The fourth-order valence-corrected chi connectivity index (χ4v) is 1.89. The largest absolute Gasteiger partial charge is 0.435 e. The molecular formula is C13H19F3N2. The Labute approximate surface area is 105 Å². The van der Waals surface area contributed by atoms with Crippen molar-refractivity contribution in [1.82, 2.24) is 9.78 Å². The van der Waals surface area contributed by atoms with Gasteiger partial charge >= 0.3 is 6.18 Å². The van der Waals surface area contributed by atoms with Crippen molar-refractivity contribution in [1.29, 1.82) is 0 Å². The van der Waals surface area contributed by atoms with Crippen molar-refractivity contribution in [2.24, 2.45) is 0 Å². The Morgan fingerprint density at radius 1 is 1.33 bits per heavy atom. The number of aromatic nitrogens is 2. The van der Waals surface area contributed by atoms with Gasteiger partial charge in [0.15, 0.2) is 5.69 Å². The van der Waals surface area contributed by atoms with Crippen molar-refractivity contribution in [3.8, 4) is 0 Å². The third kappa shape index (κ3) is 3.37. The molecule has 0 saturated heterocycles. The average Bonchev–Trinajstić information content (AvgIpc) is 2.72. The molecule has 0 spiro atoms. The minimum atomic E-state index is -4.39. The third-order valence-corrected chi connectivity index (χ3v) is 2.67. The molecule has 0 saturated carbocycles. The van der Waals surface area contributed by atoms with Crippen LogP contribution in [-0.4, -0.2) is 9.78 Å². The highest BCUT2D eigenvalue weighted by atomic mass is 19.4.